The van der Waals surface area contributed by atoms with Crippen molar-refractivity contribution >= 4 is 10.0 Å². The Hall–Kier alpha value is -1.21. The Morgan fingerprint density at radius 1 is 1.26 bits per heavy atom. The second-order valence-corrected chi connectivity index (χ2v) is 6.38. The first-order valence-corrected chi connectivity index (χ1v) is 7.49. The van der Waals surface area contributed by atoms with Crippen LogP contribution in [0.4, 0.5) is 8.78 Å². The van der Waals surface area contributed by atoms with Crippen molar-refractivity contribution in [2.24, 2.45) is 17.0 Å². The quantitative estimate of drug-likeness (QED) is 0.871. The van der Waals surface area contributed by atoms with Crippen LogP contribution in [0.3, 0.4) is 0 Å². The Balaban J connectivity index is 2.68. The maximum atomic E-state index is 13.0. The van der Waals surface area contributed by atoms with E-state index in [0.717, 1.165) is 12.1 Å². The molecule has 0 bridgehead atoms. The van der Waals surface area contributed by atoms with E-state index in [1.807, 2.05) is 13.8 Å². The predicted molar refractivity (Wildman–Crippen MR) is 68.2 cm³/mol. The minimum Gasteiger partial charge on any atom is -0.493 e. The standard InChI is InChI=1S/C12H17F2NO3S/c1-8(2)9(7-19(15,16)17)6-18-10-3-4-11(13)12(14)5-10/h3-5,8-9H,6-7H2,1-2H3,(H2,15,16,17). The van der Waals surface area contributed by atoms with Crippen molar-refractivity contribution in [3.05, 3.63) is 29.8 Å². The topological polar surface area (TPSA) is 69.4 Å². The van der Waals surface area contributed by atoms with E-state index < -0.39 is 21.7 Å². The fraction of sp³-hybridized carbons (Fsp3) is 0.500. The Morgan fingerprint density at radius 3 is 2.37 bits per heavy atom. The van der Waals surface area contributed by atoms with Crippen LogP contribution >= 0.6 is 0 Å². The van der Waals surface area contributed by atoms with Crippen molar-refractivity contribution < 1.29 is 21.9 Å². The molecule has 0 amide bonds. The Morgan fingerprint density at radius 2 is 1.89 bits per heavy atom. The molecule has 7 heteroatoms. The average Bonchev–Trinajstić information content (AvgIpc) is 2.27. The molecule has 1 unspecified atom stereocenters. The monoisotopic (exact) mass is 293 g/mol. The average molecular weight is 293 g/mol. The maximum absolute atomic E-state index is 13.0. The summed E-state index contributed by atoms with van der Waals surface area (Å²) >= 11 is 0. The van der Waals surface area contributed by atoms with E-state index in [9.17, 15) is 17.2 Å². The van der Waals surface area contributed by atoms with Crippen LogP contribution in [0.25, 0.3) is 0 Å². The molecule has 0 saturated carbocycles. The molecule has 0 aromatic heterocycles. The maximum Gasteiger partial charge on any atom is 0.209 e. The number of benzene rings is 1. The summed E-state index contributed by atoms with van der Waals surface area (Å²) in [4.78, 5) is 0. The van der Waals surface area contributed by atoms with E-state index in [2.05, 4.69) is 0 Å². The molecule has 0 heterocycles. The second-order valence-electron chi connectivity index (χ2n) is 4.72. The first-order chi connectivity index (χ1) is 8.69. The van der Waals surface area contributed by atoms with Gasteiger partial charge in [-0.15, -0.1) is 0 Å². The van der Waals surface area contributed by atoms with Crippen LogP contribution in [0.1, 0.15) is 13.8 Å². The number of nitrogens with two attached hydrogens (primary N) is 1. The third-order valence-electron chi connectivity index (χ3n) is 2.74. The van der Waals surface area contributed by atoms with E-state index >= 15 is 0 Å². The van der Waals surface area contributed by atoms with Crippen LogP contribution in [-0.2, 0) is 10.0 Å². The van der Waals surface area contributed by atoms with E-state index in [4.69, 9.17) is 9.88 Å². The van der Waals surface area contributed by atoms with Crippen LogP contribution in [0.15, 0.2) is 18.2 Å². The first kappa shape index (κ1) is 15.8. The van der Waals surface area contributed by atoms with Gasteiger partial charge in [-0.05, 0) is 18.1 Å². The molecule has 1 rings (SSSR count). The molecule has 4 nitrogen and oxygen atoms in total. The molecule has 0 aliphatic carbocycles. The zero-order valence-electron chi connectivity index (χ0n) is 10.8. The number of hydrogen-bond acceptors (Lipinski definition) is 3. The fourth-order valence-electron chi connectivity index (χ4n) is 1.50. The summed E-state index contributed by atoms with van der Waals surface area (Å²) in [6, 6.07) is 3.16. The van der Waals surface area contributed by atoms with Gasteiger partial charge in [0.15, 0.2) is 11.6 Å². The lowest BCUT2D eigenvalue weighted by molar-refractivity contribution is 0.223. The van der Waals surface area contributed by atoms with Crippen LogP contribution in [-0.4, -0.2) is 20.8 Å². The van der Waals surface area contributed by atoms with Crippen molar-refractivity contribution in [2.45, 2.75) is 13.8 Å². The largest absolute Gasteiger partial charge is 0.493 e. The highest BCUT2D eigenvalue weighted by Crippen LogP contribution is 2.19. The molecule has 1 atom stereocenters. The number of halogens is 2. The number of sulfonamides is 1. The van der Waals surface area contributed by atoms with Gasteiger partial charge in [0.05, 0.1) is 12.4 Å². The number of primary sulfonamides is 1. The third-order valence-corrected chi connectivity index (χ3v) is 3.64. The van der Waals surface area contributed by atoms with Crippen molar-refractivity contribution in [3.8, 4) is 5.75 Å². The van der Waals surface area contributed by atoms with Gasteiger partial charge in [-0.3, -0.25) is 0 Å². The van der Waals surface area contributed by atoms with E-state index in [-0.39, 0.29) is 29.9 Å². The molecule has 19 heavy (non-hydrogen) atoms. The first-order valence-electron chi connectivity index (χ1n) is 5.77. The Bertz CT molecular complexity index is 532. The van der Waals surface area contributed by atoms with Gasteiger partial charge in [0, 0.05) is 12.0 Å². The summed E-state index contributed by atoms with van der Waals surface area (Å²) in [5, 5.41) is 4.99. The highest BCUT2D eigenvalue weighted by molar-refractivity contribution is 7.89. The van der Waals surface area contributed by atoms with Crippen molar-refractivity contribution in [1.29, 1.82) is 0 Å². The van der Waals surface area contributed by atoms with Crippen molar-refractivity contribution in [1.82, 2.24) is 0 Å². The van der Waals surface area contributed by atoms with Crippen LogP contribution < -0.4 is 9.88 Å². The van der Waals surface area contributed by atoms with Gasteiger partial charge in [0.1, 0.15) is 5.75 Å². The minimum atomic E-state index is -3.60. The van der Waals surface area contributed by atoms with Gasteiger partial charge < -0.3 is 4.74 Å². The van der Waals surface area contributed by atoms with Gasteiger partial charge >= 0.3 is 0 Å². The molecule has 108 valence electrons. The lowest BCUT2D eigenvalue weighted by Crippen LogP contribution is -2.30. The second kappa shape index (κ2) is 6.29. The summed E-state index contributed by atoms with van der Waals surface area (Å²) in [5.74, 6) is -2.32. The van der Waals surface area contributed by atoms with E-state index in [1.165, 1.54) is 6.07 Å². The lowest BCUT2D eigenvalue weighted by Gasteiger charge is -2.20. The van der Waals surface area contributed by atoms with Crippen molar-refractivity contribution in [3.63, 3.8) is 0 Å². The highest BCUT2D eigenvalue weighted by atomic mass is 32.2. The summed E-state index contributed by atoms with van der Waals surface area (Å²) in [6.07, 6.45) is 0. The number of hydrogen-bond donors (Lipinski definition) is 1. The lowest BCUT2D eigenvalue weighted by atomic mass is 9.99. The summed E-state index contributed by atoms with van der Waals surface area (Å²) in [6.45, 7) is 3.74. The number of ether oxygens (including phenoxy) is 1. The molecule has 0 spiro atoms. The molecular weight excluding hydrogens is 276 g/mol. The van der Waals surface area contributed by atoms with Crippen molar-refractivity contribution in [2.75, 3.05) is 12.4 Å². The van der Waals surface area contributed by atoms with Gasteiger partial charge in [-0.25, -0.2) is 22.3 Å². The zero-order valence-corrected chi connectivity index (χ0v) is 11.6. The Labute approximate surface area is 111 Å². The van der Waals surface area contributed by atoms with Crippen LogP contribution in [0.2, 0.25) is 0 Å². The normalized spacial score (nSPS) is 13.6. The summed E-state index contributed by atoms with van der Waals surface area (Å²) in [7, 11) is -3.60. The third kappa shape index (κ3) is 5.52. The molecular formula is C12H17F2NO3S. The summed E-state index contributed by atoms with van der Waals surface area (Å²) < 4.78 is 53.1. The smallest absolute Gasteiger partial charge is 0.209 e. The zero-order chi connectivity index (χ0) is 14.6. The van der Waals surface area contributed by atoms with Crippen LogP contribution in [0, 0.1) is 23.5 Å². The molecule has 0 fully saturated rings. The van der Waals surface area contributed by atoms with E-state index in [0.29, 0.717) is 0 Å². The van der Waals surface area contributed by atoms with Crippen LogP contribution in [0.5, 0.6) is 5.75 Å². The van der Waals surface area contributed by atoms with Gasteiger partial charge in [-0.2, -0.15) is 0 Å². The van der Waals surface area contributed by atoms with Gasteiger partial charge in [0.25, 0.3) is 0 Å². The predicted octanol–water partition coefficient (Wildman–Crippen LogP) is 1.90. The number of rotatable bonds is 6. The van der Waals surface area contributed by atoms with Gasteiger partial charge in [0.2, 0.25) is 10.0 Å². The molecule has 2 N–H and O–H groups in total. The molecule has 1 aromatic carbocycles. The fourth-order valence-corrected chi connectivity index (χ4v) is 2.58. The molecule has 0 radical (unpaired) electrons. The minimum absolute atomic E-state index is 0.0311. The Kier molecular flexibility index (Phi) is 5.25. The van der Waals surface area contributed by atoms with E-state index in [1.54, 1.807) is 0 Å². The molecule has 0 aliphatic rings. The highest BCUT2D eigenvalue weighted by Gasteiger charge is 2.20. The molecule has 0 saturated heterocycles. The molecule has 1 aromatic rings. The summed E-state index contributed by atoms with van der Waals surface area (Å²) in [5.41, 5.74) is 0. The SMILES string of the molecule is CC(C)C(COc1ccc(F)c(F)c1)CS(N)(=O)=O. The van der Waals surface area contributed by atoms with Gasteiger partial charge in [-0.1, -0.05) is 13.8 Å². The molecule has 0 aliphatic heterocycles.